The van der Waals surface area contributed by atoms with Crippen LogP contribution in [0.1, 0.15) is 41.6 Å². The van der Waals surface area contributed by atoms with Gasteiger partial charge in [0, 0.05) is 11.5 Å². The maximum Gasteiger partial charge on any atom is 0.258 e. The molecule has 3 fully saturated rings. The number of rotatable bonds is 5. The van der Waals surface area contributed by atoms with Crippen LogP contribution in [0.25, 0.3) is 0 Å². The summed E-state index contributed by atoms with van der Waals surface area (Å²) in [7, 11) is 1.35. The van der Waals surface area contributed by atoms with Crippen LogP contribution in [0.5, 0.6) is 11.5 Å². The summed E-state index contributed by atoms with van der Waals surface area (Å²) >= 11 is 18.1. The second-order valence-electron chi connectivity index (χ2n) is 12.4. The van der Waals surface area contributed by atoms with Gasteiger partial charge in [-0.3, -0.25) is 28.9 Å². The first-order valence-corrected chi connectivity index (χ1v) is 16.6. The number of Topliss-reactive ketones (excluding diaryl/α,β-unsaturated/α-hetero) is 1. The summed E-state index contributed by atoms with van der Waals surface area (Å²) in [4.78, 5) is 66.5. The third-order valence-corrected chi connectivity index (χ3v) is 12.0. The SMILES string of the molecule is COc1cc(C2C3=CCC4C(=O)N(c5ccc(C(C)=O)cc5)C(=O)C4C3CC3(Cl)C(=O)N(c4ccc(F)cc4)C(=O)C23Cl)cc(Br)c1O. The number of carbonyl (C=O) groups excluding carboxylic acids is 5. The van der Waals surface area contributed by atoms with Gasteiger partial charge in [-0.15, -0.1) is 23.2 Å². The first-order chi connectivity index (χ1) is 22.7. The predicted molar refractivity (Wildman–Crippen MR) is 178 cm³/mol. The third kappa shape index (κ3) is 4.36. The second kappa shape index (κ2) is 11.2. The van der Waals surface area contributed by atoms with E-state index >= 15 is 0 Å². The zero-order valence-corrected chi connectivity index (χ0v) is 28.5. The standard InChI is InChI=1S/C35H26BrCl2FN2O7/c1-16(42)17-3-7-20(8-4-17)40-30(44)23-12-11-22-24(27(23)31(40)45)15-34(37)32(46)41(21-9-5-19(39)6-10-21)33(47)35(34,38)28(22)18-13-25(36)29(43)26(14-18)48-2/h3-11,13-14,23-24,27-28,43H,12,15H2,1-2H3. The molecule has 2 heterocycles. The lowest BCUT2D eigenvalue weighted by Gasteiger charge is -2.50. The predicted octanol–water partition coefficient (Wildman–Crippen LogP) is 6.27. The number of hydrogen-bond donors (Lipinski definition) is 1. The van der Waals surface area contributed by atoms with E-state index in [2.05, 4.69) is 15.9 Å². The van der Waals surface area contributed by atoms with E-state index in [0.29, 0.717) is 22.4 Å². The molecule has 3 aromatic carbocycles. The maximum absolute atomic E-state index is 14.5. The number of fused-ring (bicyclic) bond motifs is 4. The van der Waals surface area contributed by atoms with E-state index in [0.717, 1.165) is 21.9 Å². The average molecular weight is 756 g/mol. The minimum Gasteiger partial charge on any atom is -0.503 e. The fourth-order valence-corrected chi connectivity index (χ4v) is 9.18. The number of imide groups is 2. The number of phenols is 1. The highest BCUT2D eigenvalue weighted by Crippen LogP contribution is 2.66. The lowest BCUT2D eigenvalue weighted by atomic mass is 9.56. The number of benzene rings is 3. The lowest BCUT2D eigenvalue weighted by molar-refractivity contribution is -0.125. The van der Waals surface area contributed by atoms with Crippen LogP contribution in [-0.2, 0) is 19.2 Å². The molecule has 1 N–H and O–H groups in total. The van der Waals surface area contributed by atoms with Gasteiger partial charge in [-0.25, -0.2) is 9.29 Å². The zero-order valence-electron chi connectivity index (χ0n) is 25.4. The van der Waals surface area contributed by atoms with Crippen molar-refractivity contribution in [2.45, 2.75) is 35.4 Å². The quantitative estimate of drug-likeness (QED) is 0.141. The molecule has 9 nitrogen and oxygen atoms in total. The number of nitrogens with zero attached hydrogens (tertiary/aromatic N) is 2. The van der Waals surface area contributed by atoms with Crippen molar-refractivity contribution in [1.29, 1.82) is 0 Å². The molecule has 13 heteroatoms. The molecule has 7 rings (SSSR count). The van der Waals surface area contributed by atoms with E-state index < -0.39 is 62.9 Å². The number of carbonyl (C=O) groups is 5. The highest BCUT2D eigenvalue weighted by molar-refractivity contribution is 9.10. The Morgan fingerprint density at radius 1 is 0.938 bits per heavy atom. The van der Waals surface area contributed by atoms with Gasteiger partial charge < -0.3 is 9.84 Å². The van der Waals surface area contributed by atoms with Crippen LogP contribution in [0.15, 0.2) is 76.8 Å². The Kier molecular flexibility index (Phi) is 7.61. The van der Waals surface area contributed by atoms with Gasteiger partial charge in [-0.2, -0.15) is 0 Å². The zero-order chi connectivity index (χ0) is 34.4. The Labute approximate surface area is 292 Å². The summed E-state index contributed by atoms with van der Waals surface area (Å²) in [5.41, 5.74) is 1.68. The van der Waals surface area contributed by atoms with Crippen LogP contribution < -0.4 is 14.5 Å². The Morgan fingerprint density at radius 3 is 2.19 bits per heavy atom. The Hall–Kier alpha value is -4.06. The van der Waals surface area contributed by atoms with E-state index in [1.807, 2.05) is 0 Å². The molecule has 48 heavy (non-hydrogen) atoms. The number of ketones is 1. The van der Waals surface area contributed by atoms with Crippen molar-refractivity contribution in [3.05, 3.63) is 93.7 Å². The molecule has 2 aliphatic carbocycles. The average Bonchev–Trinajstić information content (AvgIpc) is 3.40. The van der Waals surface area contributed by atoms with Gasteiger partial charge in [-0.05, 0) is 108 Å². The fourth-order valence-electron chi connectivity index (χ4n) is 7.79. The van der Waals surface area contributed by atoms with E-state index in [-0.39, 0.29) is 40.3 Å². The summed E-state index contributed by atoms with van der Waals surface area (Å²) in [6.45, 7) is 1.41. The molecule has 2 aliphatic heterocycles. The molecule has 0 aromatic heterocycles. The molecular weight excluding hydrogens is 730 g/mol. The molecule has 0 spiro atoms. The Balaban J connectivity index is 1.39. The van der Waals surface area contributed by atoms with Gasteiger partial charge in [-0.1, -0.05) is 11.6 Å². The van der Waals surface area contributed by atoms with E-state index in [9.17, 15) is 33.5 Å². The van der Waals surface area contributed by atoms with Crippen molar-refractivity contribution in [1.82, 2.24) is 0 Å². The molecule has 6 unspecified atom stereocenters. The van der Waals surface area contributed by atoms with Gasteiger partial charge in [0.2, 0.25) is 11.8 Å². The van der Waals surface area contributed by atoms with Crippen molar-refractivity contribution in [3.8, 4) is 11.5 Å². The molecule has 2 saturated heterocycles. The number of halogens is 4. The molecule has 1 saturated carbocycles. The molecule has 246 valence electrons. The number of anilines is 2. The fraction of sp³-hybridized carbons (Fsp3) is 0.286. The molecule has 3 aromatic rings. The number of amides is 4. The molecule has 0 bridgehead atoms. The molecule has 4 amide bonds. The first kappa shape index (κ1) is 32.5. The Morgan fingerprint density at radius 2 is 1.56 bits per heavy atom. The largest absolute Gasteiger partial charge is 0.503 e. The highest BCUT2D eigenvalue weighted by Gasteiger charge is 2.76. The van der Waals surface area contributed by atoms with E-state index in [4.69, 9.17) is 27.9 Å². The molecule has 6 atom stereocenters. The Bertz CT molecular complexity index is 1990. The van der Waals surface area contributed by atoms with Crippen molar-refractivity contribution in [2.75, 3.05) is 16.9 Å². The van der Waals surface area contributed by atoms with Crippen molar-refractivity contribution < 1.29 is 38.2 Å². The van der Waals surface area contributed by atoms with Gasteiger partial charge in [0.25, 0.3) is 11.8 Å². The van der Waals surface area contributed by atoms with Crippen LogP contribution in [0.4, 0.5) is 15.8 Å². The summed E-state index contributed by atoms with van der Waals surface area (Å²) in [6.07, 6.45) is 1.68. The smallest absolute Gasteiger partial charge is 0.258 e. The van der Waals surface area contributed by atoms with Crippen molar-refractivity contribution >= 4 is 79.9 Å². The number of aromatic hydroxyl groups is 1. The van der Waals surface area contributed by atoms with E-state index in [1.54, 1.807) is 24.3 Å². The van der Waals surface area contributed by atoms with Gasteiger partial charge >= 0.3 is 0 Å². The van der Waals surface area contributed by atoms with Gasteiger partial charge in [0.05, 0.1) is 34.8 Å². The lowest BCUT2D eigenvalue weighted by Crippen LogP contribution is -2.60. The van der Waals surface area contributed by atoms with Crippen LogP contribution in [0, 0.1) is 23.6 Å². The number of phenolic OH excluding ortho intramolecular Hbond substituents is 1. The highest BCUT2D eigenvalue weighted by atomic mass is 79.9. The minimum atomic E-state index is -2.15. The van der Waals surface area contributed by atoms with Crippen LogP contribution >= 0.6 is 39.1 Å². The minimum absolute atomic E-state index is 0.0516. The summed E-state index contributed by atoms with van der Waals surface area (Å²) in [5.74, 6) is -7.21. The summed E-state index contributed by atoms with van der Waals surface area (Å²) in [5, 5.41) is 10.6. The molecular formula is C35H26BrCl2FN2O7. The number of ether oxygens (including phenoxy) is 1. The van der Waals surface area contributed by atoms with Crippen molar-refractivity contribution in [3.63, 3.8) is 0 Å². The number of methoxy groups -OCH3 is 1. The number of allylic oxidation sites excluding steroid dienone is 2. The van der Waals surface area contributed by atoms with Crippen molar-refractivity contribution in [2.24, 2.45) is 17.8 Å². The van der Waals surface area contributed by atoms with E-state index in [1.165, 1.54) is 44.4 Å². The monoisotopic (exact) mass is 754 g/mol. The first-order valence-electron chi connectivity index (χ1n) is 15.0. The second-order valence-corrected chi connectivity index (χ2v) is 14.5. The van der Waals surface area contributed by atoms with Crippen LogP contribution in [-0.4, -0.2) is 51.4 Å². The normalized spacial score (nSPS) is 29.4. The van der Waals surface area contributed by atoms with Gasteiger partial charge in [0.1, 0.15) is 5.82 Å². The summed E-state index contributed by atoms with van der Waals surface area (Å²) in [6, 6.07) is 13.9. The summed E-state index contributed by atoms with van der Waals surface area (Å²) < 4.78 is 19.5. The third-order valence-electron chi connectivity index (χ3n) is 10.0. The van der Waals surface area contributed by atoms with Crippen LogP contribution in [0.3, 0.4) is 0 Å². The number of hydrogen-bond acceptors (Lipinski definition) is 7. The van der Waals surface area contributed by atoms with Crippen LogP contribution in [0.2, 0.25) is 0 Å². The van der Waals surface area contributed by atoms with Gasteiger partial charge in [0.15, 0.2) is 27.0 Å². The number of alkyl halides is 2. The molecule has 4 aliphatic rings. The maximum atomic E-state index is 14.5. The topological polar surface area (TPSA) is 121 Å². The molecule has 0 radical (unpaired) electrons.